The van der Waals surface area contributed by atoms with Gasteiger partial charge in [0.1, 0.15) is 0 Å². The second-order valence-electron chi connectivity index (χ2n) is 14.4. The van der Waals surface area contributed by atoms with Crippen molar-refractivity contribution >= 4 is 0 Å². The first-order chi connectivity index (χ1) is 29.9. The van der Waals surface area contributed by atoms with Crippen LogP contribution in [0.25, 0.3) is 67.8 Å². The fourth-order valence-electron chi connectivity index (χ4n) is 7.15. The number of rotatable bonds is 7. The van der Waals surface area contributed by atoms with Crippen molar-refractivity contribution in [1.82, 2.24) is 29.5 Å². The van der Waals surface area contributed by atoms with E-state index in [1.54, 1.807) is 12.4 Å². The van der Waals surface area contributed by atoms with Crippen LogP contribution in [0.2, 0.25) is 0 Å². The van der Waals surface area contributed by atoms with E-state index in [1.165, 1.54) is 22.3 Å². The van der Waals surface area contributed by atoms with Gasteiger partial charge in [0.15, 0.2) is 0 Å². The van der Waals surface area contributed by atoms with Gasteiger partial charge < -0.3 is 28.5 Å². The normalized spacial score (nSPS) is 10.5. The Labute approximate surface area is 376 Å². The van der Waals surface area contributed by atoms with Gasteiger partial charge in [0.2, 0.25) is 12.7 Å². The molecule has 0 saturated carbocycles. The summed E-state index contributed by atoms with van der Waals surface area (Å²) in [6.45, 7) is 4.20. The molecule has 0 N–H and O–H groups in total. The molecule has 0 saturated heterocycles. The summed E-state index contributed by atoms with van der Waals surface area (Å²) in [6, 6.07) is 66.5. The third-order valence-electron chi connectivity index (χ3n) is 9.93. The molecule has 0 spiro atoms. The van der Waals surface area contributed by atoms with E-state index in [9.17, 15) is 0 Å². The van der Waals surface area contributed by atoms with Crippen LogP contribution >= 0.6 is 0 Å². The molecule has 10 rings (SSSR count). The maximum Gasteiger partial charge on any atom is 0.242 e. The van der Waals surface area contributed by atoms with Crippen molar-refractivity contribution in [2.45, 2.75) is 13.8 Å². The van der Waals surface area contributed by atoms with Gasteiger partial charge >= 0.3 is 0 Å². The first kappa shape index (κ1) is 42.8. The van der Waals surface area contributed by atoms with Gasteiger partial charge in [0, 0.05) is 26.3 Å². The summed E-state index contributed by atoms with van der Waals surface area (Å²) in [5, 5.41) is 10.8. The van der Waals surface area contributed by atoms with Crippen LogP contribution in [0.3, 0.4) is 0 Å². The molecule has 9 heteroatoms. The van der Waals surface area contributed by atoms with Crippen molar-refractivity contribution in [2.24, 2.45) is 14.1 Å². The molecule has 0 aliphatic carbocycles. The molecular formula is C53H43IrN8-3. The summed E-state index contributed by atoms with van der Waals surface area (Å²) in [5.74, 6) is 0. The van der Waals surface area contributed by atoms with Crippen molar-refractivity contribution in [3.05, 3.63) is 224 Å². The van der Waals surface area contributed by atoms with Gasteiger partial charge in [0.25, 0.3) is 0 Å². The number of benzene rings is 6. The Balaban J connectivity index is 0.000000149. The molecule has 6 aromatic carbocycles. The fraction of sp³-hybridized carbons (Fsp3) is 0.0755. The maximum atomic E-state index is 4.08. The van der Waals surface area contributed by atoms with Crippen LogP contribution in [-0.2, 0) is 34.2 Å². The second-order valence-corrected chi connectivity index (χ2v) is 14.4. The minimum absolute atomic E-state index is 0. The van der Waals surface area contributed by atoms with Gasteiger partial charge in [-0.3, -0.25) is 10.2 Å². The Morgan fingerprint density at radius 3 is 1.31 bits per heavy atom. The number of imidazole rings is 2. The van der Waals surface area contributed by atoms with Crippen LogP contribution in [0.1, 0.15) is 11.1 Å². The molecule has 4 aromatic heterocycles. The number of hydrogen-bond donors (Lipinski definition) is 0. The van der Waals surface area contributed by atoms with E-state index < -0.39 is 0 Å². The first-order valence-corrected chi connectivity index (χ1v) is 19.9. The van der Waals surface area contributed by atoms with E-state index >= 15 is 0 Å². The molecular weight excluding hydrogens is 941 g/mol. The molecule has 4 heterocycles. The van der Waals surface area contributed by atoms with E-state index in [1.807, 2.05) is 68.7 Å². The molecule has 0 aliphatic rings. The molecule has 0 aliphatic heterocycles. The van der Waals surface area contributed by atoms with E-state index in [-0.39, 0.29) is 20.1 Å². The summed E-state index contributed by atoms with van der Waals surface area (Å²) >= 11 is 0. The Morgan fingerprint density at radius 2 is 0.935 bits per heavy atom. The SMILES string of the molecule is Cc1cc[c-]c(-n2[c-][n+](C)c(-c3ccccc3)c2-c2ccccc2)c1.Cc1cc[c-]c(-n2[c-][n+](C)c(-c3ccccc3)c2-c2ccccc2)c1.[Ir].c1ccc(-c2cnn[n-]2)nc1. The molecule has 0 amide bonds. The van der Waals surface area contributed by atoms with Crippen LogP contribution < -0.4 is 14.2 Å². The predicted octanol–water partition coefficient (Wildman–Crippen LogP) is 9.58. The summed E-state index contributed by atoms with van der Waals surface area (Å²) in [4.78, 5) is 4.08. The number of pyridine rings is 1. The Kier molecular flexibility index (Phi) is 14.0. The molecule has 1 radical (unpaired) electrons. The average Bonchev–Trinajstić information content (AvgIpc) is 4.07. The van der Waals surface area contributed by atoms with E-state index in [0.717, 1.165) is 51.0 Å². The van der Waals surface area contributed by atoms with Crippen molar-refractivity contribution in [1.29, 1.82) is 0 Å². The number of nitrogens with zero attached hydrogens (tertiary/aromatic N) is 8. The molecule has 62 heavy (non-hydrogen) atoms. The number of hydrogen-bond acceptors (Lipinski definition) is 3. The smallest absolute Gasteiger partial charge is 0.242 e. The molecule has 8 nitrogen and oxygen atoms in total. The Morgan fingerprint density at radius 1 is 0.516 bits per heavy atom. The summed E-state index contributed by atoms with van der Waals surface area (Å²) in [5.41, 5.74) is 15.1. The van der Waals surface area contributed by atoms with Crippen LogP contribution in [0, 0.1) is 38.6 Å². The third-order valence-corrected chi connectivity index (χ3v) is 9.93. The molecule has 0 atom stereocenters. The molecule has 10 aromatic rings. The zero-order valence-corrected chi connectivity index (χ0v) is 37.2. The largest absolute Gasteiger partial charge is 0.358 e. The summed E-state index contributed by atoms with van der Waals surface area (Å²) < 4.78 is 8.33. The van der Waals surface area contributed by atoms with Crippen molar-refractivity contribution in [3.8, 4) is 67.8 Å². The van der Waals surface area contributed by atoms with E-state index in [2.05, 4.69) is 199 Å². The van der Waals surface area contributed by atoms with Gasteiger partial charge in [-0.15, -0.1) is 0 Å². The zero-order chi connectivity index (χ0) is 42.0. The Hall–Kier alpha value is -7.32. The minimum atomic E-state index is 0. The van der Waals surface area contributed by atoms with Gasteiger partial charge in [-0.1, -0.05) is 159 Å². The summed E-state index contributed by atoms with van der Waals surface area (Å²) in [7, 11) is 4.09. The van der Waals surface area contributed by atoms with E-state index in [4.69, 9.17) is 0 Å². The van der Waals surface area contributed by atoms with Crippen LogP contribution in [-0.4, -0.2) is 24.4 Å². The van der Waals surface area contributed by atoms with Crippen molar-refractivity contribution < 1.29 is 29.2 Å². The topological polar surface area (TPSA) is 70.4 Å². The van der Waals surface area contributed by atoms with Crippen LogP contribution in [0.5, 0.6) is 0 Å². The Bertz CT molecular complexity index is 2760. The molecule has 0 fully saturated rings. The second kappa shape index (κ2) is 20.3. The van der Waals surface area contributed by atoms with Gasteiger partial charge in [0.05, 0.1) is 42.6 Å². The molecule has 0 unspecified atom stereocenters. The maximum absolute atomic E-state index is 4.08. The number of aryl methyl sites for hydroxylation is 4. The average molecular weight is 984 g/mol. The zero-order valence-electron chi connectivity index (χ0n) is 34.8. The van der Waals surface area contributed by atoms with Crippen LogP contribution in [0.4, 0.5) is 0 Å². The standard InChI is InChI=1S/2C23H19N2.C7H5N4.Ir/c2*1-18-10-9-15-21(16-18)25-17-24(2)22(19-11-5-3-6-12-19)23(25)20-13-7-4-8-14-20;1-2-4-8-6(3-1)7-5-9-11-10-7;/h2*3-14,16H,1-2H3;1-5H;/q3*-1;. The van der Waals surface area contributed by atoms with Crippen LogP contribution in [0.15, 0.2) is 188 Å². The van der Waals surface area contributed by atoms with Crippen molar-refractivity contribution in [3.63, 3.8) is 0 Å². The minimum Gasteiger partial charge on any atom is -0.358 e. The number of aromatic nitrogens is 8. The van der Waals surface area contributed by atoms with Crippen molar-refractivity contribution in [2.75, 3.05) is 0 Å². The van der Waals surface area contributed by atoms with E-state index in [0.29, 0.717) is 5.69 Å². The predicted molar refractivity (Wildman–Crippen MR) is 239 cm³/mol. The molecule has 307 valence electrons. The molecule has 0 bridgehead atoms. The van der Waals surface area contributed by atoms with Gasteiger partial charge in [-0.05, 0) is 40.1 Å². The first-order valence-electron chi connectivity index (χ1n) is 19.9. The fourth-order valence-corrected chi connectivity index (χ4v) is 7.15. The monoisotopic (exact) mass is 984 g/mol. The third kappa shape index (κ3) is 9.82. The van der Waals surface area contributed by atoms with Gasteiger partial charge in [-0.2, -0.15) is 59.7 Å². The summed E-state index contributed by atoms with van der Waals surface area (Å²) in [6.07, 6.45) is 10.2. The quantitative estimate of drug-likeness (QED) is 0.118. The van der Waals surface area contributed by atoms with Gasteiger partial charge in [-0.25, -0.2) is 0 Å².